The van der Waals surface area contributed by atoms with Gasteiger partial charge in [0.2, 0.25) is 11.7 Å². The lowest BCUT2D eigenvalue weighted by molar-refractivity contribution is 0.0656. The Bertz CT molecular complexity index is 562. The number of benzene rings is 1. The second-order valence-corrected chi connectivity index (χ2v) is 3.54. The lowest BCUT2D eigenvalue weighted by atomic mass is 10.2. The molecule has 0 amide bonds. The van der Waals surface area contributed by atoms with Crippen LogP contribution >= 0.6 is 0 Å². The molecule has 94 valence electrons. The maximum atomic E-state index is 12.8. The number of hydrogen-bond acceptors (Lipinski definition) is 4. The van der Waals surface area contributed by atoms with Gasteiger partial charge in [0, 0.05) is 12.7 Å². The zero-order valence-electron chi connectivity index (χ0n) is 9.51. The molecule has 0 saturated carbocycles. The molecule has 0 aliphatic heterocycles. The van der Waals surface area contributed by atoms with Crippen molar-refractivity contribution in [3.63, 3.8) is 0 Å². The number of halogens is 1. The van der Waals surface area contributed by atoms with E-state index in [0.717, 1.165) is 0 Å². The summed E-state index contributed by atoms with van der Waals surface area (Å²) in [5.74, 6) is -1.75. The number of hydrogen-bond donors (Lipinski definition) is 1. The van der Waals surface area contributed by atoms with Gasteiger partial charge in [0.25, 0.3) is 0 Å². The van der Waals surface area contributed by atoms with Crippen LogP contribution in [0.2, 0.25) is 0 Å². The standard InChI is InChI=1S/C12H10FNO4/c1-17-6-9-10(12(15)16)18-11(14-9)7-2-4-8(13)5-3-7/h2-5H,6H2,1H3,(H,15,16). The van der Waals surface area contributed by atoms with Gasteiger partial charge in [-0.05, 0) is 24.3 Å². The summed E-state index contributed by atoms with van der Waals surface area (Å²) in [4.78, 5) is 15.0. The molecule has 1 aromatic heterocycles. The molecule has 0 unspecified atom stereocenters. The highest BCUT2D eigenvalue weighted by Gasteiger charge is 2.20. The Hall–Kier alpha value is -2.21. The van der Waals surface area contributed by atoms with E-state index in [4.69, 9.17) is 14.3 Å². The first-order chi connectivity index (χ1) is 8.61. The summed E-state index contributed by atoms with van der Waals surface area (Å²) in [5.41, 5.74) is 0.700. The lowest BCUT2D eigenvalue weighted by Crippen LogP contribution is -2.00. The molecular formula is C12H10FNO4. The van der Waals surface area contributed by atoms with Crippen molar-refractivity contribution in [1.29, 1.82) is 0 Å². The minimum absolute atomic E-state index is 0.0341. The van der Waals surface area contributed by atoms with Crippen molar-refractivity contribution in [2.24, 2.45) is 0 Å². The molecule has 5 nitrogen and oxygen atoms in total. The molecule has 0 saturated heterocycles. The van der Waals surface area contributed by atoms with Gasteiger partial charge in [0.15, 0.2) is 0 Å². The fourth-order valence-electron chi connectivity index (χ4n) is 1.47. The van der Waals surface area contributed by atoms with Crippen molar-refractivity contribution < 1.29 is 23.4 Å². The fourth-order valence-corrected chi connectivity index (χ4v) is 1.47. The van der Waals surface area contributed by atoms with Crippen LogP contribution in [-0.4, -0.2) is 23.2 Å². The second-order valence-electron chi connectivity index (χ2n) is 3.54. The maximum absolute atomic E-state index is 12.8. The third-order valence-electron chi connectivity index (χ3n) is 2.26. The van der Waals surface area contributed by atoms with Crippen molar-refractivity contribution in [2.45, 2.75) is 6.61 Å². The molecular weight excluding hydrogens is 241 g/mol. The Balaban J connectivity index is 2.42. The lowest BCUT2D eigenvalue weighted by Gasteiger charge is -1.93. The Labute approximate surface area is 102 Å². The Morgan fingerprint density at radius 3 is 2.67 bits per heavy atom. The number of rotatable bonds is 4. The molecule has 0 spiro atoms. The molecule has 2 rings (SSSR count). The number of methoxy groups -OCH3 is 1. The maximum Gasteiger partial charge on any atom is 0.373 e. The summed E-state index contributed by atoms with van der Waals surface area (Å²) in [6.45, 7) is 0.0341. The molecule has 1 N–H and O–H groups in total. The third kappa shape index (κ3) is 2.38. The van der Waals surface area contributed by atoms with E-state index in [-0.39, 0.29) is 29.8 Å². The molecule has 0 bridgehead atoms. The smallest absolute Gasteiger partial charge is 0.373 e. The van der Waals surface area contributed by atoms with Crippen molar-refractivity contribution in [3.8, 4) is 11.5 Å². The summed E-state index contributed by atoms with van der Waals surface area (Å²) >= 11 is 0. The average Bonchev–Trinajstić information content (AvgIpc) is 2.75. The highest BCUT2D eigenvalue weighted by Crippen LogP contribution is 2.22. The quantitative estimate of drug-likeness (QED) is 0.902. The highest BCUT2D eigenvalue weighted by atomic mass is 19.1. The number of ether oxygens (including phenoxy) is 1. The van der Waals surface area contributed by atoms with Crippen molar-refractivity contribution in [2.75, 3.05) is 7.11 Å². The van der Waals surface area contributed by atoms with Gasteiger partial charge in [-0.3, -0.25) is 0 Å². The van der Waals surface area contributed by atoms with E-state index in [1.54, 1.807) is 0 Å². The summed E-state index contributed by atoms with van der Waals surface area (Å²) in [7, 11) is 1.43. The monoisotopic (exact) mass is 251 g/mol. The third-order valence-corrected chi connectivity index (χ3v) is 2.26. The molecule has 0 aliphatic carbocycles. The van der Waals surface area contributed by atoms with E-state index in [9.17, 15) is 9.18 Å². The number of carbonyl (C=O) groups is 1. The topological polar surface area (TPSA) is 72.6 Å². The van der Waals surface area contributed by atoms with E-state index in [2.05, 4.69) is 4.98 Å². The summed E-state index contributed by atoms with van der Waals surface area (Å²) < 4.78 is 22.8. The number of carboxylic acids is 1. The van der Waals surface area contributed by atoms with Gasteiger partial charge < -0.3 is 14.3 Å². The van der Waals surface area contributed by atoms with Crippen LogP contribution < -0.4 is 0 Å². The molecule has 1 heterocycles. The Morgan fingerprint density at radius 2 is 2.11 bits per heavy atom. The zero-order valence-corrected chi connectivity index (χ0v) is 9.51. The second kappa shape index (κ2) is 4.97. The number of aromatic carboxylic acids is 1. The average molecular weight is 251 g/mol. The van der Waals surface area contributed by atoms with Crippen LogP contribution in [0.5, 0.6) is 0 Å². The molecule has 0 atom stereocenters. The summed E-state index contributed by atoms with van der Waals surface area (Å²) in [5, 5.41) is 8.95. The summed E-state index contributed by atoms with van der Waals surface area (Å²) in [6, 6.07) is 5.42. The van der Waals surface area contributed by atoms with Crippen LogP contribution in [0.1, 0.15) is 16.2 Å². The molecule has 2 aromatic rings. The summed E-state index contributed by atoms with van der Waals surface area (Å²) in [6.07, 6.45) is 0. The molecule has 18 heavy (non-hydrogen) atoms. The van der Waals surface area contributed by atoms with Gasteiger partial charge >= 0.3 is 5.97 Å². The number of oxazole rings is 1. The van der Waals surface area contributed by atoms with Crippen LogP contribution in [0.4, 0.5) is 4.39 Å². The van der Waals surface area contributed by atoms with Crippen molar-refractivity contribution in [3.05, 3.63) is 41.5 Å². The SMILES string of the molecule is COCc1nc(-c2ccc(F)cc2)oc1C(=O)O. The predicted octanol–water partition coefficient (Wildman–Crippen LogP) is 2.33. The first kappa shape index (κ1) is 12.3. The van der Waals surface area contributed by atoms with E-state index in [1.165, 1.54) is 31.4 Å². The zero-order chi connectivity index (χ0) is 13.1. The van der Waals surface area contributed by atoms with Crippen molar-refractivity contribution in [1.82, 2.24) is 4.98 Å². The molecule has 0 aliphatic rings. The number of carboxylic acid groups (broad SMARTS) is 1. The Morgan fingerprint density at radius 1 is 1.44 bits per heavy atom. The molecule has 6 heteroatoms. The van der Waals surface area contributed by atoms with Crippen LogP contribution in [0.3, 0.4) is 0 Å². The minimum Gasteiger partial charge on any atom is -0.475 e. The van der Waals surface area contributed by atoms with Crippen LogP contribution in [-0.2, 0) is 11.3 Å². The number of aromatic nitrogens is 1. The number of nitrogens with zero attached hydrogens (tertiary/aromatic N) is 1. The predicted molar refractivity (Wildman–Crippen MR) is 59.6 cm³/mol. The molecule has 0 radical (unpaired) electrons. The van der Waals surface area contributed by atoms with E-state index in [0.29, 0.717) is 5.56 Å². The fraction of sp³-hybridized carbons (Fsp3) is 0.167. The van der Waals surface area contributed by atoms with Gasteiger partial charge in [-0.15, -0.1) is 0 Å². The van der Waals surface area contributed by atoms with E-state index in [1.807, 2.05) is 0 Å². The van der Waals surface area contributed by atoms with E-state index >= 15 is 0 Å². The van der Waals surface area contributed by atoms with Gasteiger partial charge in [0.1, 0.15) is 11.5 Å². The highest BCUT2D eigenvalue weighted by molar-refractivity contribution is 5.86. The van der Waals surface area contributed by atoms with Gasteiger partial charge in [-0.1, -0.05) is 0 Å². The van der Waals surface area contributed by atoms with Crippen molar-refractivity contribution >= 4 is 5.97 Å². The normalized spacial score (nSPS) is 10.6. The molecule has 1 aromatic carbocycles. The van der Waals surface area contributed by atoms with Crippen LogP contribution in [0.15, 0.2) is 28.7 Å². The van der Waals surface area contributed by atoms with Crippen LogP contribution in [0, 0.1) is 5.82 Å². The Kier molecular flexibility index (Phi) is 3.38. The first-order valence-electron chi connectivity index (χ1n) is 5.09. The van der Waals surface area contributed by atoms with Gasteiger partial charge in [-0.25, -0.2) is 14.2 Å². The first-order valence-corrected chi connectivity index (χ1v) is 5.09. The van der Waals surface area contributed by atoms with Crippen LogP contribution in [0.25, 0.3) is 11.5 Å². The van der Waals surface area contributed by atoms with Gasteiger partial charge in [-0.2, -0.15) is 0 Å². The largest absolute Gasteiger partial charge is 0.475 e. The van der Waals surface area contributed by atoms with E-state index < -0.39 is 5.97 Å². The minimum atomic E-state index is -1.22. The molecule has 0 fully saturated rings. The van der Waals surface area contributed by atoms with Gasteiger partial charge in [0.05, 0.1) is 6.61 Å².